The number of hydrogen-bond acceptors (Lipinski definition) is 4. The van der Waals surface area contributed by atoms with E-state index < -0.39 is 5.69 Å². The average molecular weight is 497 g/mol. The van der Waals surface area contributed by atoms with Gasteiger partial charge in [0.05, 0.1) is 0 Å². The van der Waals surface area contributed by atoms with Gasteiger partial charge >= 0.3 is 118 Å². The van der Waals surface area contributed by atoms with Crippen molar-refractivity contribution in [3.05, 3.63) is 29.8 Å². The number of aryl methyl sites for hydroxylation is 1. The minimum Gasteiger partial charge on any atom is -0.850 e. The summed E-state index contributed by atoms with van der Waals surface area (Å²) in [6.45, 7) is 2.29. The summed E-state index contributed by atoms with van der Waals surface area (Å²) in [6, 6.07) is 8.84. The van der Waals surface area contributed by atoms with Crippen molar-refractivity contribution in [3.63, 3.8) is 0 Å². The topological polar surface area (TPSA) is 46.1 Å². The fourth-order valence-electron chi connectivity index (χ4n) is 2.87. The van der Waals surface area contributed by atoms with Crippen molar-refractivity contribution < 1.29 is 29.6 Å². The van der Waals surface area contributed by atoms with E-state index in [4.69, 9.17) is 0 Å². The molecular weight excluding hydrogens is 463 g/mol. The van der Waals surface area contributed by atoms with Gasteiger partial charge in [-0.3, -0.25) is 0 Å². The van der Waals surface area contributed by atoms with Crippen LogP contribution in [0.5, 0.6) is 0 Å². The van der Waals surface area contributed by atoms with E-state index in [1.54, 1.807) is 5.56 Å². The van der Waals surface area contributed by atoms with Crippen molar-refractivity contribution in [2.75, 3.05) is 0 Å². The minimum absolute atomic E-state index is 1.27. The molecule has 0 aromatic heterocycles. The summed E-state index contributed by atoms with van der Waals surface area (Å²) in [5, 5.41) is 0. The molecule has 2 nitrogen and oxygen atoms in total. The molecule has 0 saturated heterocycles. The number of hydrogen-bond donors (Lipinski definition) is 0. The second kappa shape index (κ2) is 17.9. The molecule has 0 bridgehead atoms. The van der Waals surface area contributed by atoms with Crippen LogP contribution in [-0.4, -0.2) is 0 Å². The van der Waals surface area contributed by atoms with Crippen LogP contribution in [0.25, 0.3) is 0 Å². The Morgan fingerprint density at radius 3 is 1.65 bits per heavy atom. The normalized spacial score (nSPS) is 11.0. The zero-order chi connectivity index (χ0) is 19.7. The van der Waals surface area contributed by atoms with E-state index in [9.17, 15) is 9.79 Å². The molecule has 0 unspecified atom stereocenters. The molecule has 0 atom stereocenters. The summed E-state index contributed by atoms with van der Waals surface area (Å²) in [5.41, 5.74) is -2.17. The van der Waals surface area contributed by atoms with Crippen LogP contribution in [0.1, 0.15) is 89.5 Å². The summed E-state index contributed by atoms with van der Waals surface area (Å²) in [5.74, 6) is 0. The van der Waals surface area contributed by atoms with Crippen molar-refractivity contribution in [2.45, 2.75) is 90.4 Å². The molecule has 6 heteroatoms. The Labute approximate surface area is 182 Å². The van der Waals surface area contributed by atoms with Gasteiger partial charge in [-0.1, -0.05) is 26.2 Å². The molecule has 0 N–H and O–H groups in total. The van der Waals surface area contributed by atoms with Gasteiger partial charge in [0.1, 0.15) is 0 Å². The van der Waals surface area contributed by atoms with Gasteiger partial charge in [-0.2, -0.15) is 11.8 Å². The van der Waals surface area contributed by atoms with Gasteiger partial charge in [0.15, 0.2) is 0 Å². The minimum atomic E-state index is -3.72. The Bertz CT molecular complexity index is 486. The SMILES string of the molecule is CCCCCCCCCCCCCCc1cccc[c]1[Mo+3].[O-]P([O-])(=S)[S-]. The zero-order valence-electron chi connectivity index (χ0n) is 16.0. The van der Waals surface area contributed by atoms with Crippen molar-refractivity contribution >= 4 is 33.7 Å². The maximum absolute atomic E-state index is 9.29. The molecule has 1 aromatic rings. The van der Waals surface area contributed by atoms with Gasteiger partial charge in [-0.15, -0.1) is 0 Å². The van der Waals surface area contributed by atoms with Crippen molar-refractivity contribution in [2.24, 2.45) is 0 Å². The largest absolute Gasteiger partial charge is 0.850 e. The summed E-state index contributed by atoms with van der Waals surface area (Å²) in [6.07, 6.45) is 18.5. The molecule has 1 rings (SSSR count). The van der Waals surface area contributed by atoms with E-state index in [1.165, 1.54) is 87.4 Å². The Hall–Kier alpha value is 0.828. The third-order valence-electron chi connectivity index (χ3n) is 4.27. The van der Waals surface area contributed by atoms with Crippen molar-refractivity contribution in [1.29, 1.82) is 0 Å². The van der Waals surface area contributed by atoms with Gasteiger partial charge < -0.3 is 27.7 Å². The van der Waals surface area contributed by atoms with Crippen LogP contribution in [0.4, 0.5) is 0 Å². The molecule has 0 saturated carbocycles. The summed E-state index contributed by atoms with van der Waals surface area (Å²) in [7, 11) is 0. The van der Waals surface area contributed by atoms with E-state index >= 15 is 0 Å². The van der Waals surface area contributed by atoms with E-state index in [0.717, 1.165) is 0 Å². The average Bonchev–Trinajstić information content (AvgIpc) is 2.56. The van der Waals surface area contributed by atoms with Gasteiger partial charge in [0.2, 0.25) is 0 Å². The summed E-state index contributed by atoms with van der Waals surface area (Å²) < 4.78 is 1.47. The first-order chi connectivity index (χ1) is 12.3. The fourth-order valence-corrected chi connectivity index (χ4v) is 3.48. The monoisotopic (exact) mass is 498 g/mol. The molecule has 0 spiro atoms. The predicted octanol–water partition coefficient (Wildman–Crippen LogP) is 4.58. The molecule has 0 aliphatic carbocycles. The molecule has 148 valence electrons. The Balaban J connectivity index is 0.00000110. The second-order valence-electron chi connectivity index (χ2n) is 6.69. The van der Waals surface area contributed by atoms with Crippen LogP contribution in [0, 0.1) is 0 Å². The Morgan fingerprint density at radius 1 is 0.846 bits per heavy atom. The third kappa shape index (κ3) is 21.1. The molecule has 0 heterocycles. The quantitative estimate of drug-likeness (QED) is 0.174. The van der Waals surface area contributed by atoms with Gasteiger partial charge in [-0.25, -0.2) is 0 Å². The molecule has 0 aliphatic heterocycles. The summed E-state index contributed by atoms with van der Waals surface area (Å²) >= 11 is 9.44. The first-order valence-electron chi connectivity index (χ1n) is 9.82. The standard InChI is InChI=1S/C20H33.Mo.H3O2PS2/c1-2-3-4-5-6-7-8-9-10-11-12-14-17-20-18-15-13-16-19-20;;1-3(2,4)5/h13,15-16,18H,2-12,14,17H2,1H3;;(H3,1,2,4,5)/q;+3;/p-3. The van der Waals surface area contributed by atoms with Crippen LogP contribution in [-0.2, 0) is 50.3 Å². The molecule has 1 aromatic carbocycles. The van der Waals surface area contributed by atoms with E-state index in [2.05, 4.69) is 75.1 Å². The number of benzene rings is 1. The predicted molar refractivity (Wildman–Crippen MR) is 113 cm³/mol. The molecule has 0 radical (unpaired) electrons. The maximum Gasteiger partial charge on any atom is -0.160 e. The van der Waals surface area contributed by atoms with Gasteiger partial charge in [0.25, 0.3) is 0 Å². The number of unbranched alkanes of at least 4 members (excludes halogenated alkanes) is 11. The molecule has 0 fully saturated rings. The maximum atomic E-state index is 9.29. The van der Waals surface area contributed by atoms with Crippen LogP contribution < -0.4 is 13.7 Å². The smallest absolute Gasteiger partial charge is 0.160 e. The van der Waals surface area contributed by atoms with Crippen LogP contribution in [0.3, 0.4) is 0 Å². The molecular formula is C20H33MoO2PS2. The van der Waals surface area contributed by atoms with Gasteiger partial charge in [0, 0.05) is 0 Å². The van der Waals surface area contributed by atoms with Gasteiger partial charge in [-0.05, 0) is 0 Å². The van der Waals surface area contributed by atoms with Crippen LogP contribution >= 0.6 is 5.69 Å². The molecule has 26 heavy (non-hydrogen) atoms. The van der Waals surface area contributed by atoms with E-state index in [1.807, 2.05) is 0 Å². The third-order valence-corrected chi connectivity index (χ3v) is 5.25. The Morgan fingerprint density at radius 2 is 1.23 bits per heavy atom. The second-order valence-corrected chi connectivity index (χ2v) is 12.2. The Kier molecular flexibility index (Phi) is 18.5. The van der Waals surface area contributed by atoms with E-state index in [-0.39, 0.29) is 0 Å². The first-order valence-corrected chi connectivity index (χ1v) is 14.5. The summed E-state index contributed by atoms with van der Waals surface area (Å²) in [4.78, 5) is 18.6. The van der Waals surface area contributed by atoms with Crippen molar-refractivity contribution in [3.8, 4) is 0 Å². The van der Waals surface area contributed by atoms with E-state index in [0.29, 0.717) is 0 Å². The first kappa shape index (κ1) is 26.8. The fraction of sp³-hybridized carbons (Fsp3) is 0.700. The zero-order valence-corrected chi connectivity index (χ0v) is 20.5. The number of rotatable bonds is 13. The molecule has 0 aliphatic rings. The molecule has 0 amide bonds. The van der Waals surface area contributed by atoms with Crippen molar-refractivity contribution in [1.82, 2.24) is 0 Å². The van der Waals surface area contributed by atoms with Crippen LogP contribution in [0.15, 0.2) is 24.3 Å². The van der Waals surface area contributed by atoms with Crippen LogP contribution in [0.2, 0.25) is 0 Å².